The van der Waals surface area contributed by atoms with Crippen LogP contribution in [-0.2, 0) is 4.79 Å². The van der Waals surface area contributed by atoms with Crippen molar-refractivity contribution in [1.29, 1.82) is 0 Å². The van der Waals surface area contributed by atoms with E-state index < -0.39 is 0 Å². The average Bonchev–Trinajstić information content (AvgIpc) is 2.28. The standard InChI is InChI=1S/C13H28N4O/c1-10(2)15-12(13(14)18)9-16-5-7-17(8-6-16)11(3)4/h10-12,15H,5-9H2,1-4H3,(H2,14,18). The minimum atomic E-state index is -0.255. The summed E-state index contributed by atoms with van der Waals surface area (Å²) < 4.78 is 0. The Morgan fingerprint density at radius 2 is 1.72 bits per heavy atom. The van der Waals surface area contributed by atoms with Crippen molar-refractivity contribution in [2.24, 2.45) is 5.73 Å². The highest BCUT2D eigenvalue weighted by molar-refractivity contribution is 5.80. The minimum Gasteiger partial charge on any atom is -0.368 e. The lowest BCUT2D eigenvalue weighted by Crippen LogP contribution is -2.56. The van der Waals surface area contributed by atoms with Crippen LogP contribution in [0.15, 0.2) is 0 Å². The van der Waals surface area contributed by atoms with Gasteiger partial charge in [0.1, 0.15) is 0 Å². The summed E-state index contributed by atoms with van der Waals surface area (Å²) in [5.41, 5.74) is 5.44. The Morgan fingerprint density at radius 1 is 1.17 bits per heavy atom. The van der Waals surface area contributed by atoms with Gasteiger partial charge in [0.05, 0.1) is 6.04 Å². The zero-order chi connectivity index (χ0) is 13.7. The van der Waals surface area contributed by atoms with Crippen molar-refractivity contribution in [2.75, 3.05) is 32.7 Å². The van der Waals surface area contributed by atoms with E-state index in [9.17, 15) is 4.79 Å². The monoisotopic (exact) mass is 256 g/mol. The second-order valence-electron chi connectivity index (χ2n) is 5.71. The van der Waals surface area contributed by atoms with Crippen molar-refractivity contribution in [3.05, 3.63) is 0 Å². The number of nitrogens with one attached hydrogen (secondary N) is 1. The fourth-order valence-electron chi connectivity index (χ4n) is 2.35. The Labute approximate surface area is 111 Å². The van der Waals surface area contributed by atoms with Crippen LogP contribution in [0.1, 0.15) is 27.7 Å². The van der Waals surface area contributed by atoms with Gasteiger partial charge in [-0.2, -0.15) is 0 Å². The zero-order valence-electron chi connectivity index (χ0n) is 12.1. The summed E-state index contributed by atoms with van der Waals surface area (Å²) in [4.78, 5) is 16.2. The first-order valence-corrected chi connectivity index (χ1v) is 6.92. The summed E-state index contributed by atoms with van der Waals surface area (Å²) >= 11 is 0. The molecule has 1 unspecified atom stereocenters. The van der Waals surface area contributed by atoms with Crippen LogP contribution in [0.4, 0.5) is 0 Å². The maximum atomic E-state index is 11.4. The number of hydrogen-bond donors (Lipinski definition) is 2. The molecule has 18 heavy (non-hydrogen) atoms. The molecule has 0 spiro atoms. The van der Waals surface area contributed by atoms with E-state index in [0.717, 1.165) is 32.7 Å². The molecule has 1 amide bonds. The molecule has 0 saturated carbocycles. The largest absolute Gasteiger partial charge is 0.368 e. The van der Waals surface area contributed by atoms with E-state index in [-0.39, 0.29) is 18.0 Å². The van der Waals surface area contributed by atoms with Gasteiger partial charge in [0.15, 0.2) is 0 Å². The molecule has 0 aromatic rings. The predicted molar refractivity (Wildman–Crippen MR) is 74.4 cm³/mol. The first-order chi connectivity index (χ1) is 8.40. The van der Waals surface area contributed by atoms with E-state index in [1.807, 2.05) is 13.8 Å². The molecule has 1 aliphatic heterocycles. The maximum absolute atomic E-state index is 11.4. The van der Waals surface area contributed by atoms with Crippen molar-refractivity contribution in [2.45, 2.75) is 45.8 Å². The lowest BCUT2D eigenvalue weighted by atomic mass is 10.2. The summed E-state index contributed by atoms with van der Waals surface area (Å²) in [6.07, 6.45) is 0. The molecule has 0 radical (unpaired) electrons. The van der Waals surface area contributed by atoms with Gasteiger partial charge in [0.25, 0.3) is 0 Å². The van der Waals surface area contributed by atoms with Gasteiger partial charge in [-0.05, 0) is 13.8 Å². The Kier molecular flexibility index (Phi) is 6.05. The first-order valence-electron chi connectivity index (χ1n) is 6.92. The predicted octanol–water partition coefficient (Wildman–Crippen LogP) is -0.136. The van der Waals surface area contributed by atoms with Crippen LogP contribution in [0.2, 0.25) is 0 Å². The third-order valence-corrected chi connectivity index (χ3v) is 3.46. The molecule has 0 aromatic carbocycles. The molecule has 106 valence electrons. The van der Waals surface area contributed by atoms with E-state index >= 15 is 0 Å². The third kappa shape index (κ3) is 4.92. The second-order valence-corrected chi connectivity index (χ2v) is 5.71. The van der Waals surface area contributed by atoms with Gasteiger partial charge in [0.2, 0.25) is 5.91 Å². The fourth-order valence-corrected chi connectivity index (χ4v) is 2.35. The molecule has 0 aliphatic carbocycles. The Balaban J connectivity index is 2.40. The van der Waals surface area contributed by atoms with Crippen LogP contribution in [0.3, 0.4) is 0 Å². The van der Waals surface area contributed by atoms with Crippen LogP contribution in [0, 0.1) is 0 Å². The van der Waals surface area contributed by atoms with Crippen LogP contribution in [0.5, 0.6) is 0 Å². The van der Waals surface area contributed by atoms with Crippen LogP contribution in [0.25, 0.3) is 0 Å². The molecule has 1 rings (SSSR count). The number of primary amides is 1. The van der Waals surface area contributed by atoms with Gasteiger partial charge in [0, 0.05) is 44.8 Å². The molecule has 1 saturated heterocycles. The number of hydrogen-bond acceptors (Lipinski definition) is 4. The van der Waals surface area contributed by atoms with Crippen LogP contribution >= 0.6 is 0 Å². The first kappa shape index (κ1) is 15.4. The number of nitrogens with two attached hydrogens (primary N) is 1. The van der Waals surface area contributed by atoms with E-state index in [2.05, 4.69) is 29.0 Å². The van der Waals surface area contributed by atoms with Crippen molar-refractivity contribution in [3.63, 3.8) is 0 Å². The zero-order valence-corrected chi connectivity index (χ0v) is 12.1. The lowest BCUT2D eigenvalue weighted by molar-refractivity contribution is -0.120. The third-order valence-electron chi connectivity index (χ3n) is 3.46. The molecule has 5 nitrogen and oxygen atoms in total. The van der Waals surface area contributed by atoms with E-state index in [1.54, 1.807) is 0 Å². The molecular formula is C13H28N4O. The van der Waals surface area contributed by atoms with Gasteiger partial charge in [-0.3, -0.25) is 14.6 Å². The maximum Gasteiger partial charge on any atom is 0.235 e. The van der Waals surface area contributed by atoms with Gasteiger partial charge < -0.3 is 11.1 Å². The van der Waals surface area contributed by atoms with Crippen LogP contribution in [-0.4, -0.2) is 66.6 Å². The highest BCUT2D eigenvalue weighted by atomic mass is 16.1. The van der Waals surface area contributed by atoms with Crippen molar-refractivity contribution >= 4 is 5.91 Å². The molecule has 1 heterocycles. The summed E-state index contributed by atoms with van der Waals surface area (Å²) in [5, 5.41) is 3.23. The number of rotatable bonds is 6. The topological polar surface area (TPSA) is 61.6 Å². The summed E-state index contributed by atoms with van der Waals surface area (Å²) in [6.45, 7) is 13.4. The van der Waals surface area contributed by atoms with E-state index in [4.69, 9.17) is 5.73 Å². The summed E-state index contributed by atoms with van der Waals surface area (Å²) in [6, 6.07) is 0.642. The van der Waals surface area contributed by atoms with Gasteiger partial charge >= 0.3 is 0 Å². The highest BCUT2D eigenvalue weighted by Gasteiger charge is 2.24. The van der Waals surface area contributed by atoms with Crippen molar-refractivity contribution in [1.82, 2.24) is 15.1 Å². The molecule has 0 bridgehead atoms. The van der Waals surface area contributed by atoms with E-state index in [0.29, 0.717) is 6.04 Å². The van der Waals surface area contributed by atoms with Crippen molar-refractivity contribution < 1.29 is 4.79 Å². The molecule has 5 heteroatoms. The Hall–Kier alpha value is -0.650. The molecular weight excluding hydrogens is 228 g/mol. The molecule has 1 atom stereocenters. The molecule has 0 aromatic heterocycles. The minimum absolute atomic E-state index is 0.240. The Morgan fingerprint density at radius 3 is 2.11 bits per heavy atom. The molecule has 1 fully saturated rings. The molecule has 1 aliphatic rings. The highest BCUT2D eigenvalue weighted by Crippen LogP contribution is 2.06. The number of carbonyl (C=O) groups excluding carboxylic acids is 1. The van der Waals surface area contributed by atoms with Gasteiger partial charge in [-0.15, -0.1) is 0 Å². The van der Waals surface area contributed by atoms with Crippen LogP contribution < -0.4 is 11.1 Å². The summed E-state index contributed by atoms with van der Waals surface area (Å²) in [7, 11) is 0. The number of piperazine rings is 1. The number of nitrogens with zero attached hydrogens (tertiary/aromatic N) is 2. The van der Waals surface area contributed by atoms with Gasteiger partial charge in [-0.25, -0.2) is 0 Å². The average molecular weight is 256 g/mol. The second kappa shape index (κ2) is 7.07. The smallest absolute Gasteiger partial charge is 0.235 e. The van der Waals surface area contributed by atoms with Crippen molar-refractivity contribution in [3.8, 4) is 0 Å². The normalized spacial score (nSPS) is 20.6. The number of carbonyl (C=O) groups is 1. The molecule has 3 N–H and O–H groups in total. The van der Waals surface area contributed by atoms with Gasteiger partial charge in [-0.1, -0.05) is 13.8 Å². The quantitative estimate of drug-likeness (QED) is 0.695. The fraction of sp³-hybridized carbons (Fsp3) is 0.923. The number of amides is 1. The lowest BCUT2D eigenvalue weighted by Gasteiger charge is -2.38. The SMILES string of the molecule is CC(C)NC(CN1CCN(C(C)C)CC1)C(N)=O. The Bertz CT molecular complexity index is 260. The summed E-state index contributed by atoms with van der Waals surface area (Å²) in [5.74, 6) is -0.255. The van der Waals surface area contributed by atoms with E-state index in [1.165, 1.54) is 0 Å².